The number of sulfone groups is 1. The number of hydrogen-bond acceptors (Lipinski definition) is 4. The highest BCUT2D eigenvalue weighted by molar-refractivity contribution is 7.92. The molecule has 1 fully saturated rings. The van der Waals surface area contributed by atoms with Crippen molar-refractivity contribution >= 4 is 33.8 Å². The zero-order valence-electron chi connectivity index (χ0n) is 13.0. The fraction of sp³-hybridized carbons (Fsp3) is 0.400. The summed E-state index contributed by atoms with van der Waals surface area (Å²) < 4.78 is 74.3. The number of nitrogens with two attached hydrogens (primary N) is 1. The van der Waals surface area contributed by atoms with Gasteiger partial charge in [-0.15, -0.1) is 12.4 Å². The molecule has 1 aromatic carbocycles. The maximum Gasteiger partial charge on any atom is 0.502 e. The van der Waals surface area contributed by atoms with Gasteiger partial charge >= 0.3 is 5.51 Å². The molecule has 1 amide bonds. The second-order valence-electron chi connectivity index (χ2n) is 6.14. The van der Waals surface area contributed by atoms with E-state index in [1.165, 1.54) is 0 Å². The van der Waals surface area contributed by atoms with Crippen molar-refractivity contribution in [2.24, 2.45) is 23.5 Å². The Kier molecular flexibility index (Phi) is 5.42. The van der Waals surface area contributed by atoms with E-state index < -0.39 is 43.9 Å². The van der Waals surface area contributed by atoms with Gasteiger partial charge in [0.25, 0.3) is 9.84 Å². The summed E-state index contributed by atoms with van der Waals surface area (Å²) in [6.07, 6.45) is 4.50. The summed E-state index contributed by atoms with van der Waals surface area (Å²) >= 11 is 0. The van der Waals surface area contributed by atoms with Crippen molar-refractivity contribution in [3.63, 3.8) is 0 Å². The third-order valence-electron chi connectivity index (χ3n) is 4.62. The first-order chi connectivity index (χ1) is 11.5. The summed E-state index contributed by atoms with van der Waals surface area (Å²) in [5.74, 6) is -2.65. The molecule has 0 aromatic heterocycles. The minimum absolute atomic E-state index is 0. The van der Waals surface area contributed by atoms with Gasteiger partial charge in [-0.25, -0.2) is 12.8 Å². The number of anilines is 1. The average molecular weight is 415 g/mol. The first-order valence-corrected chi connectivity index (χ1v) is 8.86. The lowest BCUT2D eigenvalue weighted by Crippen LogP contribution is -2.41. The molecule has 1 aromatic rings. The Hall–Kier alpha value is -1.65. The molecule has 26 heavy (non-hydrogen) atoms. The molecule has 3 N–H and O–H groups in total. The Morgan fingerprint density at radius 3 is 2.35 bits per heavy atom. The summed E-state index contributed by atoms with van der Waals surface area (Å²) in [6.45, 7) is 0. The molecule has 0 unspecified atom stereocenters. The minimum Gasteiger partial charge on any atom is -0.326 e. The Labute approximate surface area is 153 Å². The molecule has 5 nitrogen and oxygen atoms in total. The molecule has 0 radical (unpaired) electrons. The molecule has 2 aliphatic carbocycles. The SMILES string of the molecule is Cl.N[C@@H]1[C@H](C(=O)Nc2ccc(F)c(S(=O)(=O)C(F)(F)F)c2)[C@H]2C=C[C@@H]1C2. The van der Waals surface area contributed by atoms with Gasteiger partial charge < -0.3 is 11.1 Å². The fourth-order valence-electron chi connectivity index (χ4n) is 3.37. The van der Waals surface area contributed by atoms with E-state index in [0.29, 0.717) is 12.1 Å². The molecule has 11 heteroatoms. The third kappa shape index (κ3) is 3.33. The second-order valence-corrected chi connectivity index (χ2v) is 8.04. The van der Waals surface area contributed by atoms with Crippen LogP contribution >= 0.6 is 12.4 Å². The van der Waals surface area contributed by atoms with Gasteiger partial charge in [0, 0.05) is 11.7 Å². The van der Waals surface area contributed by atoms with Crippen LogP contribution in [0.5, 0.6) is 0 Å². The van der Waals surface area contributed by atoms with Gasteiger partial charge in [-0.1, -0.05) is 12.2 Å². The van der Waals surface area contributed by atoms with Crippen molar-refractivity contribution < 1.29 is 30.8 Å². The number of benzene rings is 1. The molecular formula is C15H15ClF4N2O3S. The first kappa shape index (κ1) is 20.7. The van der Waals surface area contributed by atoms with Crippen molar-refractivity contribution in [3.05, 3.63) is 36.2 Å². The topological polar surface area (TPSA) is 89.3 Å². The van der Waals surface area contributed by atoms with Gasteiger partial charge in [-0.05, 0) is 36.5 Å². The molecule has 144 valence electrons. The number of alkyl halides is 3. The van der Waals surface area contributed by atoms with Crippen molar-refractivity contribution in [2.45, 2.75) is 22.9 Å². The zero-order chi connectivity index (χ0) is 18.6. The number of halogens is 5. The van der Waals surface area contributed by atoms with Crippen LogP contribution in [-0.4, -0.2) is 25.9 Å². The number of allylic oxidation sites excluding steroid dienone is 1. The molecule has 0 heterocycles. The summed E-state index contributed by atoms with van der Waals surface area (Å²) in [4.78, 5) is 10.8. The van der Waals surface area contributed by atoms with Crippen molar-refractivity contribution in [1.29, 1.82) is 0 Å². The number of carbonyl (C=O) groups excluding carboxylic acids is 1. The van der Waals surface area contributed by atoms with Crippen molar-refractivity contribution in [2.75, 3.05) is 5.32 Å². The van der Waals surface area contributed by atoms with Gasteiger partial charge in [-0.2, -0.15) is 13.2 Å². The lowest BCUT2D eigenvalue weighted by molar-refractivity contribution is -0.120. The monoisotopic (exact) mass is 414 g/mol. The van der Waals surface area contributed by atoms with Crippen LogP contribution in [0.4, 0.5) is 23.2 Å². The predicted octanol–water partition coefficient (Wildman–Crippen LogP) is 2.63. The van der Waals surface area contributed by atoms with Gasteiger partial charge in [-0.3, -0.25) is 4.79 Å². The molecule has 4 atom stereocenters. The summed E-state index contributed by atoms with van der Waals surface area (Å²) in [5, 5.41) is 2.34. The van der Waals surface area contributed by atoms with E-state index in [9.17, 15) is 30.8 Å². The number of amides is 1. The quantitative estimate of drug-likeness (QED) is 0.587. The van der Waals surface area contributed by atoms with E-state index in [1.54, 1.807) is 0 Å². The van der Waals surface area contributed by atoms with Gasteiger partial charge in [0.15, 0.2) is 0 Å². The molecule has 0 spiro atoms. The van der Waals surface area contributed by atoms with Gasteiger partial charge in [0.2, 0.25) is 5.91 Å². The van der Waals surface area contributed by atoms with E-state index in [-0.39, 0.29) is 29.9 Å². The second kappa shape index (κ2) is 6.82. The van der Waals surface area contributed by atoms with E-state index in [0.717, 1.165) is 12.5 Å². The highest BCUT2D eigenvalue weighted by atomic mass is 35.5. The average Bonchev–Trinajstić information content (AvgIpc) is 3.08. The van der Waals surface area contributed by atoms with Crippen LogP contribution in [0, 0.1) is 23.6 Å². The maximum atomic E-state index is 13.6. The Balaban J connectivity index is 0.00000243. The molecule has 2 aliphatic rings. The predicted molar refractivity (Wildman–Crippen MR) is 87.7 cm³/mol. The molecule has 3 rings (SSSR count). The van der Waals surface area contributed by atoms with Crippen LogP contribution in [0.2, 0.25) is 0 Å². The van der Waals surface area contributed by atoms with Crippen LogP contribution in [0.15, 0.2) is 35.2 Å². The van der Waals surface area contributed by atoms with Gasteiger partial charge in [0.05, 0.1) is 5.92 Å². The number of fused-ring (bicyclic) bond motifs is 2. The third-order valence-corrected chi connectivity index (χ3v) is 6.12. The number of rotatable bonds is 3. The van der Waals surface area contributed by atoms with E-state index in [1.807, 2.05) is 12.2 Å². The highest BCUT2D eigenvalue weighted by Crippen LogP contribution is 2.43. The standard InChI is InChI=1S/C15H14F4N2O3S.ClH/c16-10-4-3-9(6-11(10)25(23,24)15(17,18)19)21-14(22)12-7-1-2-8(5-7)13(12)20;/h1-4,6-8,12-13H,5,20H2,(H,21,22);1H/t7-,8+,12+,13-;/m0./s1. The Morgan fingerprint density at radius 1 is 1.19 bits per heavy atom. The van der Waals surface area contributed by atoms with Crippen LogP contribution < -0.4 is 11.1 Å². The fourth-order valence-corrected chi connectivity index (χ4v) is 4.22. The molecule has 0 aliphatic heterocycles. The Bertz CT molecular complexity index is 857. The van der Waals surface area contributed by atoms with E-state index >= 15 is 0 Å². The van der Waals surface area contributed by atoms with E-state index in [2.05, 4.69) is 5.32 Å². The van der Waals surface area contributed by atoms with Crippen molar-refractivity contribution in [3.8, 4) is 0 Å². The summed E-state index contributed by atoms with van der Waals surface area (Å²) in [5.41, 5.74) is 0.0953. The zero-order valence-corrected chi connectivity index (χ0v) is 14.7. The summed E-state index contributed by atoms with van der Waals surface area (Å²) in [6, 6.07) is 1.60. The lowest BCUT2D eigenvalue weighted by Gasteiger charge is -2.23. The number of carbonyl (C=O) groups is 1. The Morgan fingerprint density at radius 2 is 1.81 bits per heavy atom. The van der Waals surface area contributed by atoms with Crippen LogP contribution in [0.3, 0.4) is 0 Å². The molecule has 2 bridgehead atoms. The van der Waals surface area contributed by atoms with Crippen LogP contribution in [-0.2, 0) is 14.6 Å². The molecule has 1 saturated carbocycles. The maximum absolute atomic E-state index is 13.6. The van der Waals surface area contributed by atoms with Crippen LogP contribution in [0.1, 0.15) is 6.42 Å². The smallest absolute Gasteiger partial charge is 0.326 e. The number of hydrogen-bond donors (Lipinski definition) is 2. The molecule has 0 saturated heterocycles. The van der Waals surface area contributed by atoms with E-state index in [4.69, 9.17) is 5.73 Å². The first-order valence-electron chi connectivity index (χ1n) is 7.38. The van der Waals surface area contributed by atoms with Crippen molar-refractivity contribution in [1.82, 2.24) is 0 Å². The number of nitrogens with one attached hydrogen (secondary N) is 1. The lowest BCUT2D eigenvalue weighted by atomic mass is 9.88. The molecular weight excluding hydrogens is 400 g/mol. The van der Waals surface area contributed by atoms with Crippen LogP contribution in [0.25, 0.3) is 0 Å². The van der Waals surface area contributed by atoms with Gasteiger partial charge in [0.1, 0.15) is 10.7 Å². The minimum atomic E-state index is -5.87. The highest BCUT2D eigenvalue weighted by Gasteiger charge is 2.49. The summed E-state index contributed by atoms with van der Waals surface area (Å²) in [7, 11) is -5.87. The largest absolute Gasteiger partial charge is 0.502 e. The normalized spacial score (nSPS) is 27.3.